The Balaban J connectivity index is 1.63. The van der Waals surface area contributed by atoms with Crippen LogP contribution in [0.5, 0.6) is 5.75 Å². The lowest BCUT2D eigenvalue weighted by molar-refractivity contribution is 0.0985. The fourth-order valence-electron chi connectivity index (χ4n) is 2.93. The van der Waals surface area contributed by atoms with Crippen LogP contribution in [0.2, 0.25) is 0 Å². The van der Waals surface area contributed by atoms with Crippen LogP contribution < -0.4 is 9.64 Å². The zero-order valence-corrected chi connectivity index (χ0v) is 16.8. The van der Waals surface area contributed by atoms with Crippen molar-refractivity contribution in [2.75, 3.05) is 12.0 Å². The van der Waals surface area contributed by atoms with Crippen molar-refractivity contribution < 1.29 is 14.1 Å². The lowest BCUT2D eigenvalue weighted by Crippen LogP contribution is -2.30. The number of thiophene rings is 1. The van der Waals surface area contributed by atoms with E-state index >= 15 is 0 Å². The molecule has 0 aliphatic carbocycles. The lowest BCUT2D eigenvalue weighted by atomic mass is 10.1. The third-order valence-corrected chi connectivity index (χ3v) is 5.29. The number of rotatable bonds is 6. The first kappa shape index (κ1) is 18.9. The zero-order valence-electron chi connectivity index (χ0n) is 16.0. The standard InChI is InChI=1S/C22H19N3O3S/c1-15-23-21(28-24-15)16-5-7-17(8-6-16)22(26)25(14-20-4-3-13-29-20)18-9-11-19(27-2)12-10-18/h3-13H,14H2,1-2H3. The first-order chi connectivity index (χ1) is 14.1. The van der Waals surface area contributed by atoms with Gasteiger partial charge in [-0.05, 0) is 66.9 Å². The third-order valence-electron chi connectivity index (χ3n) is 4.43. The van der Waals surface area contributed by atoms with Crippen LogP contribution in [0.1, 0.15) is 21.1 Å². The maximum atomic E-state index is 13.3. The van der Waals surface area contributed by atoms with Gasteiger partial charge >= 0.3 is 0 Å². The zero-order chi connectivity index (χ0) is 20.2. The van der Waals surface area contributed by atoms with E-state index in [1.165, 1.54) is 0 Å². The van der Waals surface area contributed by atoms with Gasteiger partial charge in [0.1, 0.15) is 5.75 Å². The first-order valence-electron chi connectivity index (χ1n) is 9.03. The van der Waals surface area contributed by atoms with Crippen molar-refractivity contribution in [3.63, 3.8) is 0 Å². The number of aromatic nitrogens is 2. The second-order valence-electron chi connectivity index (χ2n) is 6.39. The van der Waals surface area contributed by atoms with E-state index in [4.69, 9.17) is 9.26 Å². The summed E-state index contributed by atoms with van der Waals surface area (Å²) in [6.45, 7) is 2.26. The molecule has 0 radical (unpaired) electrons. The van der Waals surface area contributed by atoms with E-state index in [1.54, 1.807) is 42.4 Å². The van der Waals surface area contributed by atoms with Crippen LogP contribution in [0.4, 0.5) is 5.69 Å². The number of nitrogens with zero attached hydrogens (tertiary/aromatic N) is 3. The van der Waals surface area contributed by atoms with Gasteiger partial charge in [-0.25, -0.2) is 0 Å². The average Bonchev–Trinajstić information content (AvgIpc) is 3.43. The fourth-order valence-corrected chi connectivity index (χ4v) is 3.62. The van der Waals surface area contributed by atoms with Crippen molar-refractivity contribution >= 4 is 22.9 Å². The van der Waals surface area contributed by atoms with Crippen LogP contribution >= 0.6 is 11.3 Å². The molecule has 0 unspecified atom stereocenters. The highest BCUT2D eigenvalue weighted by molar-refractivity contribution is 7.09. The fraction of sp³-hybridized carbons (Fsp3) is 0.136. The molecule has 6 nitrogen and oxygen atoms in total. The number of methoxy groups -OCH3 is 1. The Morgan fingerprint density at radius 2 is 1.86 bits per heavy atom. The molecule has 0 bridgehead atoms. The molecule has 0 aliphatic rings. The van der Waals surface area contributed by atoms with Crippen molar-refractivity contribution in [3.8, 4) is 17.2 Å². The number of aryl methyl sites for hydroxylation is 1. The summed E-state index contributed by atoms with van der Waals surface area (Å²) in [6, 6.07) is 18.7. The monoisotopic (exact) mass is 405 g/mol. The summed E-state index contributed by atoms with van der Waals surface area (Å²) < 4.78 is 10.4. The Hall–Kier alpha value is -3.45. The molecule has 0 saturated carbocycles. The summed E-state index contributed by atoms with van der Waals surface area (Å²) in [4.78, 5) is 20.4. The van der Waals surface area contributed by atoms with Gasteiger partial charge in [-0.1, -0.05) is 11.2 Å². The van der Waals surface area contributed by atoms with Gasteiger partial charge in [-0.2, -0.15) is 4.98 Å². The third kappa shape index (κ3) is 4.20. The minimum Gasteiger partial charge on any atom is -0.497 e. The average molecular weight is 405 g/mol. The van der Waals surface area contributed by atoms with Gasteiger partial charge < -0.3 is 14.2 Å². The summed E-state index contributed by atoms with van der Waals surface area (Å²) >= 11 is 1.62. The Morgan fingerprint density at radius 3 is 2.45 bits per heavy atom. The van der Waals surface area contributed by atoms with Crippen molar-refractivity contribution in [2.45, 2.75) is 13.5 Å². The molecule has 0 spiro atoms. The summed E-state index contributed by atoms with van der Waals surface area (Å²) in [5.41, 5.74) is 2.16. The van der Waals surface area contributed by atoms with E-state index in [0.29, 0.717) is 23.8 Å². The van der Waals surface area contributed by atoms with Crippen LogP contribution in [0.3, 0.4) is 0 Å². The highest BCUT2D eigenvalue weighted by Crippen LogP contribution is 2.25. The Kier molecular flexibility index (Phi) is 5.39. The van der Waals surface area contributed by atoms with Crippen molar-refractivity contribution in [1.82, 2.24) is 10.1 Å². The van der Waals surface area contributed by atoms with Crippen molar-refractivity contribution in [3.05, 3.63) is 82.3 Å². The molecule has 4 aromatic rings. The molecule has 2 aromatic carbocycles. The van der Waals surface area contributed by atoms with Crippen molar-refractivity contribution in [2.24, 2.45) is 0 Å². The second kappa shape index (κ2) is 8.28. The molecule has 0 N–H and O–H groups in total. The number of carbonyl (C=O) groups excluding carboxylic acids is 1. The quantitative estimate of drug-likeness (QED) is 0.453. The summed E-state index contributed by atoms with van der Waals surface area (Å²) in [5, 5.41) is 5.81. The molecule has 2 heterocycles. The van der Waals surface area contributed by atoms with E-state index in [9.17, 15) is 4.79 Å². The minimum atomic E-state index is -0.0863. The van der Waals surface area contributed by atoms with Crippen LogP contribution in [0.25, 0.3) is 11.5 Å². The van der Waals surface area contributed by atoms with Gasteiger partial charge in [0.05, 0.1) is 13.7 Å². The summed E-state index contributed by atoms with van der Waals surface area (Å²) in [5.74, 6) is 1.67. The molecule has 4 rings (SSSR count). The molecule has 146 valence electrons. The maximum Gasteiger partial charge on any atom is 0.258 e. The van der Waals surface area contributed by atoms with Gasteiger partial charge in [0.15, 0.2) is 5.82 Å². The Morgan fingerprint density at radius 1 is 1.10 bits per heavy atom. The maximum absolute atomic E-state index is 13.3. The van der Waals surface area contributed by atoms with E-state index in [2.05, 4.69) is 10.1 Å². The molecule has 2 aromatic heterocycles. The normalized spacial score (nSPS) is 10.7. The smallest absolute Gasteiger partial charge is 0.258 e. The van der Waals surface area contributed by atoms with Gasteiger partial charge in [0.25, 0.3) is 11.8 Å². The molecule has 29 heavy (non-hydrogen) atoms. The van der Waals surface area contributed by atoms with E-state index < -0.39 is 0 Å². The lowest BCUT2D eigenvalue weighted by Gasteiger charge is -2.23. The largest absolute Gasteiger partial charge is 0.497 e. The Labute approximate surface area is 172 Å². The van der Waals surface area contributed by atoms with Crippen molar-refractivity contribution in [1.29, 1.82) is 0 Å². The number of hydrogen-bond acceptors (Lipinski definition) is 6. The topological polar surface area (TPSA) is 68.5 Å². The highest BCUT2D eigenvalue weighted by atomic mass is 32.1. The van der Waals surface area contributed by atoms with Gasteiger partial charge in [0.2, 0.25) is 0 Å². The van der Waals surface area contributed by atoms with Gasteiger partial charge in [-0.3, -0.25) is 4.79 Å². The molecular weight excluding hydrogens is 386 g/mol. The van der Waals surface area contributed by atoms with Gasteiger partial charge in [0, 0.05) is 21.7 Å². The summed E-state index contributed by atoms with van der Waals surface area (Å²) in [6.07, 6.45) is 0. The van der Waals surface area contributed by atoms with Crippen LogP contribution in [-0.4, -0.2) is 23.2 Å². The van der Waals surface area contributed by atoms with E-state index in [-0.39, 0.29) is 5.91 Å². The molecule has 0 aliphatic heterocycles. The number of hydrogen-bond donors (Lipinski definition) is 0. The molecule has 0 atom stereocenters. The SMILES string of the molecule is COc1ccc(N(Cc2cccs2)C(=O)c2ccc(-c3nc(C)no3)cc2)cc1. The van der Waals surface area contributed by atoms with Gasteiger partial charge in [-0.15, -0.1) is 11.3 Å². The molecular formula is C22H19N3O3S. The molecule has 1 amide bonds. The predicted octanol–water partition coefficient (Wildman–Crippen LogP) is 4.96. The number of benzene rings is 2. The molecule has 0 saturated heterocycles. The van der Waals surface area contributed by atoms with Crippen LogP contribution in [-0.2, 0) is 6.54 Å². The minimum absolute atomic E-state index is 0.0863. The predicted molar refractivity (Wildman–Crippen MR) is 112 cm³/mol. The number of ether oxygens (including phenoxy) is 1. The number of amides is 1. The first-order valence-corrected chi connectivity index (χ1v) is 9.91. The van der Waals surface area contributed by atoms with Crippen LogP contribution in [0.15, 0.2) is 70.6 Å². The number of carbonyl (C=O) groups is 1. The Bertz CT molecular complexity index is 1090. The van der Waals surface area contributed by atoms with E-state index in [1.807, 2.05) is 53.9 Å². The van der Waals surface area contributed by atoms with E-state index in [0.717, 1.165) is 21.9 Å². The summed E-state index contributed by atoms with van der Waals surface area (Å²) in [7, 11) is 1.62. The second-order valence-corrected chi connectivity index (χ2v) is 7.43. The number of anilines is 1. The molecule has 7 heteroatoms. The highest BCUT2D eigenvalue weighted by Gasteiger charge is 2.19. The molecule has 0 fully saturated rings. The van der Waals surface area contributed by atoms with Crippen LogP contribution in [0, 0.1) is 6.92 Å².